The van der Waals surface area contributed by atoms with Crippen molar-refractivity contribution in [1.82, 2.24) is 0 Å². The van der Waals surface area contributed by atoms with Gasteiger partial charge in [0, 0.05) is 60.6 Å². The predicted octanol–water partition coefficient (Wildman–Crippen LogP) is 11.1. The highest BCUT2D eigenvalue weighted by Gasteiger charge is 2.27. The van der Waals surface area contributed by atoms with E-state index in [9.17, 15) is 0 Å². The van der Waals surface area contributed by atoms with E-state index in [2.05, 4.69) is 67.5 Å². The molecule has 0 fully saturated rings. The molecule has 4 aromatic heterocycles. The van der Waals surface area contributed by atoms with Crippen molar-refractivity contribution in [3.8, 4) is 20.9 Å². The van der Waals surface area contributed by atoms with Gasteiger partial charge in [0.05, 0.1) is 0 Å². The summed E-state index contributed by atoms with van der Waals surface area (Å²) >= 11 is 8.08. The lowest BCUT2D eigenvalue weighted by Crippen LogP contribution is -1.89. The lowest BCUT2D eigenvalue weighted by molar-refractivity contribution is 1.07. The molecule has 0 atom stereocenters. The van der Waals surface area contributed by atoms with Gasteiger partial charge in [-0.15, -0.1) is 45.3 Å². The zero-order valence-corrected chi connectivity index (χ0v) is 24.9. The number of benzene rings is 1. The molecule has 178 valence electrons. The van der Waals surface area contributed by atoms with Gasteiger partial charge >= 0.3 is 0 Å². The van der Waals surface area contributed by atoms with Crippen LogP contribution in [0.1, 0.15) is 69.5 Å². The fourth-order valence-corrected chi connectivity index (χ4v) is 10.6. The molecule has 4 heterocycles. The van der Waals surface area contributed by atoms with Gasteiger partial charge in [-0.05, 0) is 87.8 Å². The Hall–Kier alpha value is -1.46. The first kappa shape index (κ1) is 24.2. The van der Waals surface area contributed by atoms with Crippen LogP contribution in [-0.4, -0.2) is 0 Å². The number of thiophene rings is 4. The second-order valence-corrected chi connectivity index (χ2v) is 14.1. The van der Waals surface area contributed by atoms with Crippen molar-refractivity contribution in [2.75, 3.05) is 0 Å². The van der Waals surface area contributed by atoms with Crippen molar-refractivity contribution in [3.05, 3.63) is 53.9 Å². The lowest BCUT2D eigenvalue weighted by atomic mass is 9.93. The molecule has 0 aliphatic carbocycles. The standard InChI is InChI=1S/C30H34S4/c1-9-19-14-24(34-22(19)12-4)28-26-21(11-3)18(8)32-29(26)27(23-13-15(5)16(6)31-23)25-20(10-2)17(7)33-30(25)28/h13-14H,9-12H2,1-8H3. The zero-order valence-electron chi connectivity index (χ0n) is 21.6. The Morgan fingerprint density at radius 2 is 1.09 bits per heavy atom. The van der Waals surface area contributed by atoms with Crippen LogP contribution in [-0.2, 0) is 25.7 Å². The molecular weight excluding hydrogens is 489 g/mol. The summed E-state index contributed by atoms with van der Waals surface area (Å²) in [4.78, 5) is 8.89. The SMILES string of the molecule is CCc1cc(-c2c3sc(C)c(CC)c3c(-c3cc(C)c(C)s3)c3sc(C)c(CC)c23)sc1CC. The van der Waals surface area contributed by atoms with Crippen LogP contribution >= 0.6 is 45.3 Å². The van der Waals surface area contributed by atoms with Crippen LogP contribution in [0.4, 0.5) is 0 Å². The first-order valence-corrected chi connectivity index (χ1v) is 15.8. The van der Waals surface area contributed by atoms with Crippen LogP contribution in [0.25, 0.3) is 41.1 Å². The molecule has 4 heteroatoms. The monoisotopic (exact) mass is 522 g/mol. The number of rotatable bonds is 6. The second kappa shape index (κ2) is 9.20. The molecule has 0 nitrogen and oxygen atoms in total. The Bertz CT molecular complexity index is 1490. The third-order valence-electron chi connectivity index (χ3n) is 7.34. The van der Waals surface area contributed by atoms with Crippen molar-refractivity contribution in [2.24, 2.45) is 0 Å². The molecule has 1 aromatic carbocycles. The molecule has 5 aromatic rings. The lowest BCUT2D eigenvalue weighted by Gasteiger charge is -2.13. The second-order valence-electron chi connectivity index (χ2n) is 9.25. The summed E-state index contributed by atoms with van der Waals surface area (Å²) in [5.41, 5.74) is 9.08. The maximum Gasteiger partial charge on any atom is 0.0448 e. The molecule has 0 unspecified atom stereocenters. The van der Waals surface area contributed by atoms with Gasteiger partial charge in [-0.25, -0.2) is 0 Å². The van der Waals surface area contributed by atoms with E-state index < -0.39 is 0 Å². The number of fused-ring (bicyclic) bond motifs is 2. The average molecular weight is 523 g/mol. The molecule has 0 amide bonds. The molecule has 0 radical (unpaired) electrons. The molecule has 0 bridgehead atoms. The Kier molecular flexibility index (Phi) is 6.56. The molecular formula is C30H34S4. The predicted molar refractivity (Wildman–Crippen MR) is 160 cm³/mol. The molecule has 0 spiro atoms. The van der Waals surface area contributed by atoms with Crippen LogP contribution in [0.5, 0.6) is 0 Å². The molecule has 0 saturated carbocycles. The largest absolute Gasteiger partial charge is 0.140 e. The van der Waals surface area contributed by atoms with Crippen molar-refractivity contribution in [1.29, 1.82) is 0 Å². The first-order chi connectivity index (χ1) is 16.3. The van der Waals surface area contributed by atoms with E-state index in [-0.39, 0.29) is 0 Å². The fourth-order valence-electron chi connectivity index (χ4n) is 5.47. The number of hydrogen-bond acceptors (Lipinski definition) is 4. The van der Waals surface area contributed by atoms with Gasteiger partial charge in [0.2, 0.25) is 0 Å². The van der Waals surface area contributed by atoms with E-state index in [4.69, 9.17) is 0 Å². The van der Waals surface area contributed by atoms with Gasteiger partial charge in [-0.1, -0.05) is 27.7 Å². The van der Waals surface area contributed by atoms with Crippen LogP contribution in [0.15, 0.2) is 12.1 Å². The third-order valence-corrected chi connectivity index (χ3v) is 12.2. The third kappa shape index (κ3) is 3.56. The van der Waals surface area contributed by atoms with E-state index >= 15 is 0 Å². The highest BCUT2D eigenvalue weighted by Crippen LogP contribution is 2.54. The van der Waals surface area contributed by atoms with Crippen molar-refractivity contribution < 1.29 is 0 Å². The summed E-state index contributed by atoms with van der Waals surface area (Å²) in [5.74, 6) is 0. The van der Waals surface area contributed by atoms with Gasteiger partial charge in [0.1, 0.15) is 0 Å². The Morgan fingerprint density at radius 1 is 0.559 bits per heavy atom. The van der Waals surface area contributed by atoms with Gasteiger partial charge in [0.15, 0.2) is 0 Å². The summed E-state index contributed by atoms with van der Waals surface area (Å²) < 4.78 is 3.02. The maximum atomic E-state index is 2.52. The Balaban J connectivity index is 2.04. The summed E-state index contributed by atoms with van der Waals surface area (Å²) in [5, 5.41) is 3.06. The molecule has 0 N–H and O–H groups in total. The smallest absolute Gasteiger partial charge is 0.0448 e. The van der Waals surface area contributed by atoms with E-state index in [1.165, 1.54) is 66.8 Å². The molecule has 34 heavy (non-hydrogen) atoms. The van der Waals surface area contributed by atoms with Gasteiger partial charge in [-0.2, -0.15) is 0 Å². The topological polar surface area (TPSA) is 0 Å². The van der Waals surface area contributed by atoms with Crippen molar-refractivity contribution in [3.63, 3.8) is 0 Å². The average Bonchev–Trinajstić information content (AvgIpc) is 3.55. The van der Waals surface area contributed by atoms with Crippen molar-refractivity contribution in [2.45, 2.75) is 81.1 Å². The van der Waals surface area contributed by atoms with Gasteiger partial charge in [0.25, 0.3) is 0 Å². The van der Waals surface area contributed by atoms with Crippen LogP contribution < -0.4 is 0 Å². The van der Waals surface area contributed by atoms with Gasteiger partial charge < -0.3 is 0 Å². The van der Waals surface area contributed by atoms with Crippen LogP contribution in [0.3, 0.4) is 0 Å². The first-order valence-electron chi connectivity index (χ1n) is 12.5. The normalized spacial score (nSPS) is 12.0. The van der Waals surface area contributed by atoms with Crippen molar-refractivity contribution >= 4 is 65.5 Å². The minimum Gasteiger partial charge on any atom is -0.140 e. The highest BCUT2D eigenvalue weighted by molar-refractivity contribution is 7.24. The van der Waals surface area contributed by atoms with E-state index in [1.54, 1.807) is 16.0 Å². The van der Waals surface area contributed by atoms with E-state index in [1.807, 2.05) is 45.3 Å². The fraction of sp³-hybridized carbons (Fsp3) is 0.400. The summed E-state index contributed by atoms with van der Waals surface area (Å²) in [7, 11) is 0. The maximum absolute atomic E-state index is 2.52. The quantitative estimate of drug-likeness (QED) is 0.208. The molecule has 0 saturated heterocycles. The Morgan fingerprint density at radius 3 is 1.47 bits per heavy atom. The van der Waals surface area contributed by atoms with E-state index in [0.29, 0.717) is 0 Å². The van der Waals surface area contributed by atoms with Gasteiger partial charge in [-0.3, -0.25) is 0 Å². The summed E-state index contributed by atoms with van der Waals surface area (Å²) in [6.45, 7) is 18.5. The molecule has 0 aliphatic heterocycles. The number of hydrogen-bond donors (Lipinski definition) is 0. The summed E-state index contributed by atoms with van der Waals surface area (Å²) in [6, 6.07) is 4.96. The minimum absolute atomic E-state index is 1.09. The van der Waals surface area contributed by atoms with Crippen LogP contribution in [0, 0.1) is 27.7 Å². The summed E-state index contributed by atoms with van der Waals surface area (Å²) in [6.07, 6.45) is 4.41. The van der Waals surface area contributed by atoms with E-state index in [0.717, 1.165) is 25.7 Å². The molecule has 5 rings (SSSR count). The zero-order chi connectivity index (χ0) is 24.3. The highest BCUT2D eigenvalue weighted by atomic mass is 32.1. The molecule has 0 aliphatic rings. The number of aryl methyl sites for hydroxylation is 8. The van der Waals surface area contributed by atoms with Crippen LogP contribution in [0.2, 0.25) is 0 Å². The Labute approximate surface area is 220 Å². The minimum atomic E-state index is 1.09.